The van der Waals surface area contributed by atoms with Gasteiger partial charge in [-0.3, -0.25) is 14.2 Å². The summed E-state index contributed by atoms with van der Waals surface area (Å²) in [6, 6.07) is 12.1. The Morgan fingerprint density at radius 3 is 2.64 bits per heavy atom. The highest BCUT2D eigenvalue weighted by molar-refractivity contribution is 6.31. The van der Waals surface area contributed by atoms with E-state index < -0.39 is 11.7 Å². The molecule has 0 fully saturated rings. The molecule has 0 saturated heterocycles. The summed E-state index contributed by atoms with van der Waals surface area (Å²) in [7, 11) is 0. The molecule has 3 rings (SSSR count). The van der Waals surface area contributed by atoms with Gasteiger partial charge >= 0.3 is 0 Å². The van der Waals surface area contributed by atoms with Crippen molar-refractivity contribution in [3.05, 3.63) is 80.4 Å². The molecular formula is C20H16Cl2FN3O2. The van der Waals surface area contributed by atoms with Crippen molar-refractivity contribution in [3.8, 4) is 11.4 Å². The van der Waals surface area contributed by atoms with Gasteiger partial charge in [0.25, 0.3) is 5.56 Å². The van der Waals surface area contributed by atoms with Crippen molar-refractivity contribution in [3.63, 3.8) is 0 Å². The van der Waals surface area contributed by atoms with Crippen LogP contribution in [-0.4, -0.2) is 15.5 Å². The number of nitrogens with zero attached hydrogens (tertiary/aromatic N) is 2. The van der Waals surface area contributed by atoms with Crippen LogP contribution in [0.25, 0.3) is 11.4 Å². The van der Waals surface area contributed by atoms with Crippen LogP contribution in [0.5, 0.6) is 0 Å². The van der Waals surface area contributed by atoms with Crippen LogP contribution in [0, 0.1) is 5.82 Å². The molecule has 144 valence electrons. The number of anilines is 1. The first-order valence-corrected chi connectivity index (χ1v) is 9.24. The van der Waals surface area contributed by atoms with E-state index >= 15 is 0 Å². The van der Waals surface area contributed by atoms with Gasteiger partial charge in [0.05, 0.1) is 5.02 Å². The van der Waals surface area contributed by atoms with Crippen LogP contribution in [0.1, 0.15) is 12.6 Å². The first-order chi connectivity index (χ1) is 13.4. The van der Waals surface area contributed by atoms with Crippen molar-refractivity contribution in [2.45, 2.75) is 19.9 Å². The third kappa shape index (κ3) is 4.58. The summed E-state index contributed by atoms with van der Waals surface area (Å²) in [5.41, 5.74) is 1.21. The van der Waals surface area contributed by atoms with Gasteiger partial charge in [-0.05, 0) is 36.8 Å². The van der Waals surface area contributed by atoms with Crippen molar-refractivity contribution in [2.24, 2.45) is 0 Å². The van der Waals surface area contributed by atoms with Crippen LogP contribution in [0.4, 0.5) is 10.1 Å². The maximum Gasteiger partial charge on any atom is 0.254 e. The predicted octanol–water partition coefficient (Wildman–Crippen LogP) is 4.56. The number of amides is 1. The van der Waals surface area contributed by atoms with Crippen molar-refractivity contribution in [1.82, 2.24) is 9.55 Å². The summed E-state index contributed by atoms with van der Waals surface area (Å²) >= 11 is 11.8. The zero-order valence-electron chi connectivity index (χ0n) is 14.9. The summed E-state index contributed by atoms with van der Waals surface area (Å²) in [4.78, 5) is 29.6. The molecule has 1 amide bonds. The Balaban J connectivity index is 1.95. The third-order valence-electron chi connectivity index (χ3n) is 4.01. The van der Waals surface area contributed by atoms with E-state index in [2.05, 4.69) is 10.3 Å². The fraction of sp³-hybridized carbons (Fsp3) is 0.150. The van der Waals surface area contributed by atoms with Crippen molar-refractivity contribution >= 4 is 34.8 Å². The molecule has 0 unspecified atom stereocenters. The standard InChI is InChI=1S/C20H16Cl2FN3O2/c1-2-14-10-19(28)26(20(25-14)12-4-3-5-13(21)8-12)11-18(27)24-15-6-7-17(23)16(22)9-15/h3-10H,2,11H2,1H3,(H,24,27). The minimum atomic E-state index is -0.585. The summed E-state index contributed by atoms with van der Waals surface area (Å²) in [6.45, 7) is 1.62. The van der Waals surface area contributed by atoms with E-state index in [1.165, 1.54) is 22.8 Å². The van der Waals surface area contributed by atoms with E-state index in [0.717, 1.165) is 6.07 Å². The number of halogens is 3. The van der Waals surface area contributed by atoms with Crippen molar-refractivity contribution in [2.75, 3.05) is 5.32 Å². The van der Waals surface area contributed by atoms with Crippen molar-refractivity contribution in [1.29, 1.82) is 0 Å². The van der Waals surface area contributed by atoms with E-state index in [4.69, 9.17) is 23.2 Å². The molecule has 1 heterocycles. The minimum absolute atomic E-state index is 0.108. The van der Waals surface area contributed by atoms with Gasteiger partial charge in [-0.15, -0.1) is 0 Å². The van der Waals surface area contributed by atoms with E-state index in [1.807, 2.05) is 6.92 Å². The topological polar surface area (TPSA) is 64.0 Å². The van der Waals surface area contributed by atoms with Crippen LogP contribution >= 0.6 is 23.2 Å². The molecule has 8 heteroatoms. The number of aryl methyl sites for hydroxylation is 1. The lowest BCUT2D eigenvalue weighted by Crippen LogP contribution is -2.30. The molecule has 0 aliphatic carbocycles. The van der Waals surface area contributed by atoms with Crippen molar-refractivity contribution < 1.29 is 9.18 Å². The fourth-order valence-corrected chi connectivity index (χ4v) is 3.02. The van der Waals surface area contributed by atoms with Gasteiger partial charge in [0.1, 0.15) is 18.2 Å². The molecular weight excluding hydrogens is 404 g/mol. The molecule has 0 atom stereocenters. The molecule has 0 radical (unpaired) electrons. The number of carbonyl (C=O) groups is 1. The van der Waals surface area contributed by atoms with Crippen LogP contribution in [-0.2, 0) is 17.8 Å². The van der Waals surface area contributed by atoms with Crippen LogP contribution in [0.3, 0.4) is 0 Å². The zero-order valence-corrected chi connectivity index (χ0v) is 16.4. The maximum absolute atomic E-state index is 13.3. The lowest BCUT2D eigenvalue weighted by Gasteiger charge is -2.14. The van der Waals surface area contributed by atoms with Gasteiger partial charge in [0.2, 0.25) is 5.91 Å². The Labute approximate surface area is 170 Å². The average Bonchev–Trinajstić information content (AvgIpc) is 2.66. The lowest BCUT2D eigenvalue weighted by molar-refractivity contribution is -0.116. The minimum Gasteiger partial charge on any atom is -0.324 e. The van der Waals surface area contributed by atoms with Gasteiger partial charge in [0.15, 0.2) is 0 Å². The Bertz CT molecular complexity index is 1100. The van der Waals surface area contributed by atoms with E-state index in [1.54, 1.807) is 24.3 Å². The van der Waals surface area contributed by atoms with E-state index in [9.17, 15) is 14.0 Å². The molecule has 1 aromatic heterocycles. The molecule has 1 N–H and O–H groups in total. The molecule has 0 aliphatic heterocycles. The highest BCUT2D eigenvalue weighted by Crippen LogP contribution is 2.22. The Kier molecular flexibility index (Phi) is 6.11. The van der Waals surface area contributed by atoms with Gasteiger partial charge in [-0.1, -0.05) is 42.3 Å². The molecule has 0 saturated carbocycles. The smallest absolute Gasteiger partial charge is 0.254 e. The highest BCUT2D eigenvalue weighted by Gasteiger charge is 2.14. The number of nitrogens with one attached hydrogen (secondary N) is 1. The Morgan fingerprint density at radius 1 is 1.18 bits per heavy atom. The molecule has 5 nitrogen and oxygen atoms in total. The zero-order chi connectivity index (χ0) is 20.3. The number of hydrogen-bond acceptors (Lipinski definition) is 3. The molecule has 3 aromatic rings. The molecule has 0 aliphatic rings. The second-order valence-corrected chi connectivity index (χ2v) is 6.88. The SMILES string of the molecule is CCc1cc(=O)n(CC(=O)Nc2ccc(F)c(Cl)c2)c(-c2cccc(Cl)c2)n1. The average molecular weight is 420 g/mol. The molecule has 28 heavy (non-hydrogen) atoms. The predicted molar refractivity (Wildman–Crippen MR) is 108 cm³/mol. The van der Waals surface area contributed by atoms with E-state index in [-0.39, 0.29) is 17.1 Å². The largest absolute Gasteiger partial charge is 0.324 e. The molecule has 2 aromatic carbocycles. The summed E-state index contributed by atoms with van der Waals surface area (Å²) in [6.07, 6.45) is 0.573. The highest BCUT2D eigenvalue weighted by atomic mass is 35.5. The van der Waals surface area contributed by atoms with Crippen LogP contribution in [0.2, 0.25) is 10.0 Å². The summed E-state index contributed by atoms with van der Waals surface area (Å²) in [5.74, 6) is -0.711. The monoisotopic (exact) mass is 419 g/mol. The van der Waals surface area contributed by atoms with Crippen LogP contribution in [0.15, 0.2) is 53.3 Å². The lowest BCUT2D eigenvalue weighted by atomic mass is 10.2. The number of carbonyl (C=O) groups excluding carboxylic acids is 1. The summed E-state index contributed by atoms with van der Waals surface area (Å²) in [5, 5.41) is 2.98. The number of rotatable bonds is 5. The fourth-order valence-electron chi connectivity index (χ4n) is 2.65. The summed E-state index contributed by atoms with van der Waals surface area (Å²) < 4.78 is 14.5. The second kappa shape index (κ2) is 8.54. The first-order valence-electron chi connectivity index (χ1n) is 8.49. The Hall–Kier alpha value is -2.70. The Morgan fingerprint density at radius 2 is 1.96 bits per heavy atom. The quantitative estimate of drug-likeness (QED) is 0.659. The number of benzene rings is 2. The van der Waals surface area contributed by atoms with Crippen LogP contribution < -0.4 is 10.9 Å². The second-order valence-electron chi connectivity index (χ2n) is 6.04. The number of hydrogen-bond donors (Lipinski definition) is 1. The molecule has 0 spiro atoms. The van der Waals surface area contributed by atoms with Gasteiger partial charge < -0.3 is 5.32 Å². The van der Waals surface area contributed by atoms with Gasteiger partial charge in [0, 0.05) is 28.0 Å². The van der Waals surface area contributed by atoms with Gasteiger partial charge in [-0.2, -0.15) is 0 Å². The normalized spacial score (nSPS) is 10.7. The van der Waals surface area contributed by atoms with E-state index in [0.29, 0.717) is 34.2 Å². The number of aromatic nitrogens is 2. The molecule has 0 bridgehead atoms. The maximum atomic E-state index is 13.3. The first kappa shape index (κ1) is 20.0. The van der Waals surface area contributed by atoms with Gasteiger partial charge in [-0.25, -0.2) is 9.37 Å². The third-order valence-corrected chi connectivity index (χ3v) is 4.54.